The van der Waals surface area contributed by atoms with Gasteiger partial charge >= 0.3 is 0 Å². The number of nitrogens with zero attached hydrogens (tertiary/aromatic N) is 1. The number of hydrogen-bond acceptors (Lipinski definition) is 2. The highest BCUT2D eigenvalue weighted by atomic mass is 19.1. The number of guanidine groups is 1. The number of nitrogens with one attached hydrogen (secondary N) is 2. The summed E-state index contributed by atoms with van der Waals surface area (Å²) in [6.07, 6.45) is 4.91. The molecule has 25 heavy (non-hydrogen) atoms. The summed E-state index contributed by atoms with van der Waals surface area (Å²) in [5.41, 5.74) is 6.66. The van der Waals surface area contributed by atoms with E-state index < -0.39 is 0 Å². The van der Waals surface area contributed by atoms with Crippen molar-refractivity contribution >= 4 is 11.6 Å². The Kier molecular flexibility index (Phi) is 7.24. The van der Waals surface area contributed by atoms with Crippen molar-refractivity contribution in [3.8, 4) is 0 Å². The van der Waals surface area contributed by atoms with Gasteiger partial charge in [0.25, 0.3) is 0 Å². The number of aliphatic imine (C=N–C) groups is 1. The predicted octanol–water partition coefficient (Wildman–Crippen LogP) is 3.99. The highest BCUT2D eigenvalue weighted by Crippen LogP contribution is 2.27. The molecule has 5 heteroatoms. The van der Waals surface area contributed by atoms with Gasteiger partial charge < -0.3 is 16.4 Å². The van der Waals surface area contributed by atoms with Crippen molar-refractivity contribution in [2.24, 2.45) is 28.0 Å². The van der Waals surface area contributed by atoms with Crippen LogP contribution in [0.4, 0.5) is 10.1 Å². The standard InChI is InChI=1S/C20H33FN4/c1-20(2,3)14-24-19(25-18-9-5-8-17(21)11-18)23-13-16-7-4-6-15(10-16)12-22/h5,8-9,11,15-16H,4,6-7,10,12-14,22H2,1-3H3,(H2,23,24,25). The molecule has 1 saturated carbocycles. The molecule has 0 radical (unpaired) electrons. The molecule has 0 spiro atoms. The van der Waals surface area contributed by atoms with Crippen molar-refractivity contribution in [2.75, 3.05) is 25.0 Å². The Hall–Kier alpha value is -1.62. The molecule has 4 nitrogen and oxygen atoms in total. The summed E-state index contributed by atoms with van der Waals surface area (Å²) in [5, 5.41) is 6.68. The molecule has 1 aliphatic carbocycles. The lowest BCUT2D eigenvalue weighted by atomic mass is 9.81. The van der Waals surface area contributed by atoms with E-state index in [1.54, 1.807) is 6.07 Å². The van der Waals surface area contributed by atoms with E-state index in [-0.39, 0.29) is 11.2 Å². The molecule has 0 amide bonds. The van der Waals surface area contributed by atoms with Gasteiger partial charge in [-0.25, -0.2) is 4.39 Å². The fourth-order valence-corrected chi connectivity index (χ4v) is 3.20. The third-order valence-corrected chi connectivity index (χ3v) is 4.58. The Morgan fingerprint density at radius 1 is 1.28 bits per heavy atom. The average Bonchev–Trinajstić information content (AvgIpc) is 2.57. The lowest BCUT2D eigenvalue weighted by molar-refractivity contribution is 0.271. The van der Waals surface area contributed by atoms with Crippen LogP contribution in [0, 0.1) is 23.1 Å². The number of benzene rings is 1. The number of anilines is 1. The summed E-state index contributed by atoms with van der Waals surface area (Å²) in [6.45, 7) is 8.83. The first-order chi connectivity index (χ1) is 11.9. The van der Waals surface area contributed by atoms with Gasteiger partial charge in [0.05, 0.1) is 0 Å². The van der Waals surface area contributed by atoms with Gasteiger partial charge in [-0.1, -0.05) is 33.3 Å². The number of nitrogens with two attached hydrogens (primary N) is 1. The molecule has 0 heterocycles. The first kappa shape index (κ1) is 19.7. The molecular formula is C20H33FN4. The Bertz CT molecular complexity index is 565. The fourth-order valence-electron chi connectivity index (χ4n) is 3.20. The van der Waals surface area contributed by atoms with Crippen molar-refractivity contribution in [3.05, 3.63) is 30.1 Å². The summed E-state index contributed by atoms with van der Waals surface area (Å²) in [6, 6.07) is 6.48. The monoisotopic (exact) mass is 348 g/mol. The Morgan fingerprint density at radius 3 is 2.72 bits per heavy atom. The second-order valence-electron chi connectivity index (χ2n) is 8.38. The summed E-state index contributed by atoms with van der Waals surface area (Å²) < 4.78 is 13.4. The Balaban J connectivity index is 1.98. The third-order valence-electron chi connectivity index (χ3n) is 4.58. The van der Waals surface area contributed by atoms with Crippen LogP contribution < -0.4 is 16.4 Å². The molecule has 0 aromatic heterocycles. The maximum atomic E-state index is 13.4. The Morgan fingerprint density at radius 2 is 2.04 bits per heavy atom. The predicted molar refractivity (Wildman–Crippen MR) is 104 cm³/mol. The van der Waals surface area contributed by atoms with Crippen molar-refractivity contribution in [2.45, 2.75) is 46.5 Å². The molecule has 2 atom stereocenters. The molecule has 1 aromatic carbocycles. The number of halogens is 1. The summed E-state index contributed by atoms with van der Waals surface area (Å²) in [5.74, 6) is 1.73. The lowest BCUT2D eigenvalue weighted by Gasteiger charge is -2.29. The van der Waals surface area contributed by atoms with Crippen molar-refractivity contribution < 1.29 is 4.39 Å². The summed E-state index contributed by atoms with van der Waals surface area (Å²) in [7, 11) is 0. The lowest BCUT2D eigenvalue weighted by Crippen LogP contribution is -2.37. The smallest absolute Gasteiger partial charge is 0.195 e. The topological polar surface area (TPSA) is 62.4 Å². The van der Waals surface area contributed by atoms with Gasteiger partial charge in [-0.3, -0.25) is 4.99 Å². The zero-order valence-corrected chi connectivity index (χ0v) is 15.8. The molecule has 1 aliphatic rings. The zero-order chi connectivity index (χ0) is 18.3. The van der Waals surface area contributed by atoms with E-state index in [4.69, 9.17) is 10.7 Å². The SMILES string of the molecule is CC(C)(C)CN=C(NCC1CCCC(CN)C1)Nc1cccc(F)c1. The van der Waals surface area contributed by atoms with E-state index in [2.05, 4.69) is 31.4 Å². The van der Waals surface area contributed by atoms with Gasteiger partial charge in [-0.15, -0.1) is 0 Å². The first-order valence-corrected chi connectivity index (χ1v) is 9.37. The molecular weight excluding hydrogens is 315 g/mol. The summed E-state index contributed by atoms with van der Waals surface area (Å²) >= 11 is 0. The molecule has 4 N–H and O–H groups in total. The quantitative estimate of drug-likeness (QED) is 0.557. The Labute approximate surface area is 151 Å². The first-order valence-electron chi connectivity index (χ1n) is 9.37. The minimum atomic E-state index is -0.252. The van der Waals surface area contributed by atoms with E-state index in [1.165, 1.54) is 37.8 Å². The van der Waals surface area contributed by atoms with Gasteiger partial charge in [0.1, 0.15) is 5.82 Å². The van der Waals surface area contributed by atoms with Crippen LogP contribution in [0.15, 0.2) is 29.3 Å². The minimum absolute atomic E-state index is 0.103. The van der Waals surface area contributed by atoms with Crippen LogP contribution >= 0.6 is 0 Å². The maximum absolute atomic E-state index is 13.4. The van der Waals surface area contributed by atoms with Crippen LogP contribution in [-0.4, -0.2) is 25.6 Å². The van der Waals surface area contributed by atoms with Crippen LogP contribution in [0.1, 0.15) is 46.5 Å². The minimum Gasteiger partial charge on any atom is -0.356 e. The third kappa shape index (κ3) is 7.43. The van der Waals surface area contributed by atoms with Crippen LogP contribution in [0.5, 0.6) is 0 Å². The number of rotatable bonds is 5. The highest BCUT2D eigenvalue weighted by molar-refractivity contribution is 5.93. The van der Waals surface area contributed by atoms with E-state index in [0.717, 1.165) is 19.0 Å². The second-order valence-corrected chi connectivity index (χ2v) is 8.38. The van der Waals surface area contributed by atoms with Gasteiger partial charge in [-0.05, 0) is 61.3 Å². The number of hydrogen-bond donors (Lipinski definition) is 3. The van der Waals surface area contributed by atoms with Gasteiger partial charge in [0.15, 0.2) is 5.96 Å². The summed E-state index contributed by atoms with van der Waals surface area (Å²) in [4.78, 5) is 4.69. The van der Waals surface area contributed by atoms with E-state index in [1.807, 2.05) is 6.07 Å². The molecule has 0 aliphatic heterocycles. The van der Waals surface area contributed by atoms with Crippen molar-refractivity contribution in [1.29, 1.82) is 0 Å². The van der Waals surface area contributed by atoms with Crippen molar-refractivity contribution in [1.82, 2.24) is 5.32 Å². The normalized spacial score (nSPS) is 21.9. The van der Waals surface area contributed by atoms with Crippen LogP contribution in [0.2, 0.25) is 0 Å². The van der Waals surface area contributed by atoms with Crippen LogP contribution in [-0.2, 0) is 0 Å². The van der Waals surface area contributed by atoms with E-state index in [9.17, 15) is 4.39 Å². The van der Waals surface area contributed by atoms with Gasteiger partial charge in [0, 0.05) is 18.8 Å². The van der Waals surface area contributed by atoms with E-state index in [0.29, 0.717) is 24.1 Å². The van der Waals surface area contributed by atoms with Crippen LogP contribution in [0.25, 0.3) is 0 Å². The van der Waals surface area contributed by atoms with Crippen molar-refractivity contribution in [3.63, 3.8) is 0 Å². The molecule has 1 fully saturated rings. The van der Waals surface area contributed by atoms with E-state index >= 15 is 0 Å². The fraction of sp³-hybridized carbons (Fsp3) is 0.650. The van der Waals surface area contributed by atoms with Crippen LogP contribution in [0.3, 0.4) is 0 Å². The largest absolute Gasteiger partial charge is 0.356 e. The molecule has 1 aromatic rings. The second kappa shape index (κ2) is 9.18. The molecule has 2 unspecified atom stereocenters. The maximum Gasteiger partial charge on any atom is 0.195 e. The molecule has 140 valence electrons. The zero-order valence-electron chi connectivity index (χ0n) is 15.8. The van der Waals surface area contributed by atoms with Gasteiger partial charge in [-0.2, -0.15) is 0 Å². The molecule has 2 rings (SSSR count). The highest BCUT2D eigenvalue weighted by Gasteiger charge is 2.21. The molecule has 0 saturated heterocycles. The van der Waals surface area contributed by atoms with Gasteiger partial charge in [0.2, 0.25) is 0 Å². The molecule has 0 bridgehead atoms. The average molecular weight is 349 g/mol.